The van der Waals surface area contributed by atoms with Gasteiger partial charge in [-0.25, -0.2) is 49.8 Å². The molecule has 0 spiro atoms. The Labute approximate surface area is 589 Å². The Kier molecular flexibility index (Phi) is 22.1. The number of unbranched alkanes of at least 4 members (excludes halogenated alkanes) is 4. The second-order valence-corrected chi connectivity index (χ2v) is 24.4. The molecule has 10 aromatic heterocycles. The average Bonchev–Trinajstić information content (AvgIpc) is 1.68. The number of nitrogens with one attached hydrogen (secondary N) is 8. The lowest BCUT2D eigenvalue weighted by Gasteiger charge is -2.16. The molecule has 0 aliphatic carbocycles. The number of nitrogens with zero attached hydrogens (tertiary/aromatic N) is 10. The molecule has 10 aromatic rings. The summed E-state index contributed by atoms with van der Waals surface area (Å²) in [5.41, 5.74) is 13.8. The van der Waals surface area contributed by atoms with Crippen LogP contribution in [0.5, 0.6) is 0 Å². The van der Waals surface area contributed by atoms with Crippen LogP contribution in [0.15, 0.2) is 131 Å². The Balaban J connectivity index is 0.514. The van der Waals surface area contributed by atoms with Crippen molar-refractivity contribution in [1.29, 1.82) is 0 Å². The third-order valence-electron chi connectivity index (χ3n) is 16.9. The molecular weight excluding hydrogens is 1360 g/mol. The number of hydrogen-bond acceptors (Lipinski definition) is 34. The molecule has 546 valence electrons. The minimum atomic E-state index is -0.870. The summed E-state index contributed by atoms with van der Waals surface area (Å²) >= 11 is 0. The fourth-order valence-corrected chi connectivity index (χ4v) is 11.4. The van der Waals surface area contributed by atoms with Crippen LogP contribution in [0, 0.1) is 0 Å². The zero-order valence-corrected chi connectivity index (χ0v) is 55.9. The van der Waals surface area contributed by atoms with Gasteiger partial charge in [0.1, 0.15) is 122 Å². The highest BCUT2D eigenvalue weighted by molar-refractivity contribution is 5.94. The van der Waals surface area contributed by atoms with E-state index in [1.54, 1.807) is 0 Å². The van der Waals surface area contributed by atoms with E-state index in [-0.39, 0.29) is 116 Å². The van der Waals surface area contributed by atoms with Gasteiger partial charge in [0.25, 0.3) is 23.6 Å². The average molecular weight is 1440 g/mol. The Bertz CT molecular complexity index is 4300. The predicted molar refractivity (Wildman–Crippen MR) is 352 cm³/mol. The van der Waals surface area contributed by atoms with Gasteiger partial charge in [0, 0.05) is 13.1 Å². The van der Waals surface area contributed by atoms with Crippen LogP contribution >= 0.6 is 0 Å². The second-order valence-electron chi connectivity index (χ2n) is 24.4. The molecule has 6 atom stereocenters. The highest BCUT2D eigenvalue weighted by atomic mass is 16.5. The van der Waals surface area contributed by atoms with Gasteiger partial charge in [0.05, 0.1) is 26.4 Å². The first-order chi connectivity index (χ1) is 51.1. The molecule has 0 saturated heterocycles. The summed E-state index contributed by atoms with van der Waals surface area (Å²) in [5, 5.41) is 24.8. The van der Waals surface area contributed by atoms with Crippen LogP contribution in [0.3, 0.4) is 0 Å². The topological polar surface area (TPSA) is 514 Å². The quantitative estimate of drug-likeness (QED) is 0.0253. The van der Waals surface area contributed by atoms with E-state index in [1.807, 2.05) is 0 Å². The number of carbonyl (C=O) groups excluding carboxylic acids is 4. The van der Waals surface area contributed by atoms with Gasteiger partial charge in [-0.05, 0) is 103 Å². The van der Waals surface area contributed by atoms with Crippen LogP contribution < -0.4 is 54.0 Å². The number of carbonyl (C=O) groups is 4. The van der Waals surface area contributed by atoms with E-state index in [9.17, 15) is 19.2 Å². The Morgan fingerprint density at radius 2 is 0.635 bits per heavy atom. The maximum atomic E-state index is 13.9. The predicted octanol–water partition coefficient (Wildman–Crippen LogP) is 6.28. The Hall–Kier alpha value is -11.6. The van der Waals surface area contributed by atoms with Crippen LogP contribution in [-0.2, 0) is 28.5 Å². The highest BCUT2D eigenvalue weighted by Gasteiger charge is 2.35. The molecule has 14 heterocycles. The van der Waals surface area contributed by atoms with Gasteiger partial charge in [-0.2, -0.15) is 0 Å². The highest BCUT2D eigenvalue weighted by Crippen LogP contribution is 2.34. The number of aromatic nitrogens is 10. The molecule has 0 fully saturated rings. The van der Waals surface area contributed by atoms with Crippen molar-refractivity contribution in [2.45, 2.75) is 114 Å². The van der Waals surface area contributed by atoms with Crippen LogP contribution in [0.4, 0.5) is 0 Å². The molecule has 104 heavy (non-hydrogen) atoms. The van der Waals surface area contributed by atoms with Gasteiger partial charge >= 0.3 is 0 Å². The number of oxazole rings is 10. The van der Waals surface area contributed by atoms with Crippen molar-refractivity contribution >= 4 is 23.6 Å². The molecule has 6 unspecified atom stereocenters. The van der Waals surface area contributed by atoms with Gasteiger partial charge in [-0.1, -0.05) is 0 Å². The normalized spacial score (nSPS) is 18.8. The minimum Gasteiger partial charge on any atom is -0.470 e. The fourth-order valence-electron chi connectivity index (χ4n) is 11.4. The summed E-state index contributed by atoms with van der Waals surface area (Å²) in [5.74, 6) is -0.775. The number of rotatable bonds is 27. The van der Waals surface area contributed by atoms with Crippen molar-refractivity contribution in [2.75, 3.05) is 65.7 Å². The van der Waals surface area contributed by atoms with E-state index in [0.29, 0.717) is 141 Å². The third kappa shape index (κ3) is 16.8. The van der Waals surface area contributed by atoms with E-state index in [0.717, 1.165) is 12.8 Å². The molecule has 12 N–H and O–H groups in total. The number of hydrogen-bond donors (Lipinski definition) is 10. The van der Waals surface area contributed by atoms with Gasteiger partial charge < -0.3 is 117 Å². The summed E-state index contributed by atoms with van der Waals surface area (Å²) < 4.78 is 81.2. The van der Waals surface area contributed by atoms with Gasteiger partial charge in [0.2, 0.25) is 71.4 Å². The lowest BCUT2D eigenvalue weighted by molar-refractivity contribution is -0.119. The first-order valence-corrected chi connectivity index (χ1v) is 34.1. The van der Waals surface area contributed by atoms with Crippen molar-refractivity contribution in [3.63, 3.8) is 0 Å². The van der Waals surface area contributed by atoms with E-state index in [4.69, 9.17) is 74.6 Å². The van der Waals surface area contributed by atoms with E-state index in [1.165, 1.54) is 75.2 Å². The van der Waals surface area contributed by atoms with Gasteiger partial charge in [0.15, 0.2) is 45.6 Å². The molecule has 38 nitrogen and oxygen atoms in total. The van der Waals surface area contributed by atoms with Crippen molar-refractivity contribution in [2.24, 2.45) is 11.5 Å². The maximum Gasteiger partial charge on any atom is 0.273 e. The Morgan fingerprint density at radius 3 is 1.01 bits per heavy atom. The lowest BCUT2D eigenvalue weighted by atomic mass is 10.1. The molecule has 38 heteroatoms. The van der Waals surface area contributed by atoms with E-state index >= 15 is 0 Å². The summed E-state index contributed by atoms with van der Waals surface area (Å²) in [6.07, 6.45) is 21.5. The number of fused-ring (bicyclic) bond motifs is 32. The van der Waals surface area contributed by atoms with Crippen molar-refractivity contribution in [3.05, 3.63) is 133 Å². The molecule has 0 saturated carbocycles. The van der Waals surface area contributed by atoms with Gasteiger partial charge in [-0.15, -0.1) is 0 Å². The van der Waals surface area contributed by atoms with E-state index < -0.39 is 60.3 Å². The zero-order valence-electron chi connectivity index (χ0n) is 55.9. The molecular formula is C66H74N20O18. The summed E-state index contributed by atoms with van der Waals surface area (Å²) in [4.78, 5) is 100. The van der Waals surface area contributed by atoms with Crippen molar-refractivity contribution < 1.29 is 82.3 Å². The molecule has 4 amide bonds. The van der Waals surface area contributed by atoms with Crippen LogP contribution in [0.1, 0.15) is 170 Å². The maximum absolute atomic E-state index is 13.9. The fraction of sp³-hybridized carbons (Fsp3) is 0.424. The SMILES string of the molecule is NCCCCC1NC(=O)c2coc(n2)-c2coc(n2)-c2coc(n2)C(CCCCNCCOCCOCCNCCCCC2NC(=O)C3=COC(N3)c3coc(n3)-c3coc(n3)C(CCCCN)NC(=O)c3coc(n3)-c3coc(n3)-c3coc2n3)NC(=O)C2=COC(N2)c2coc(n2)-c2coc1n2. The van der Waals surface area contributed by atoms with Crippen LogP contribution in [-0.4, -0.2) is 139 Å². The van der Waals surface area contributed by atoms with E-state index in [2.05, 4.69) is 92.4 Å². The monoisotopic (exact) mass is 1430 g/mol. The summed E-state index contributed by atoms with van der Waals surface area (Å²) in [6, 6.07) is -2.71. The molecule has 0 radical (unpaired) electrons. The smallest absolute Gasteiger partial charge is 0.273 e. The van der Waals surface area contributed by atoms with Crippen LogP contribution in [0.25, 0.3) is 69.5 Å². The van der Waals surface area contributed by atoms with Crippen molar-refractivity contribution in [1.82, 2.24) is 92.4 Å². The summed E-state index contributed by atoms with van der Waals surface area (Å²) in [6.45, 7) is 5.21. The largest absolute Gasteiger partial charge is 0.470 e. The molecule has 14 rings (SSSR count). The Morgan fingerprint density at radius 1 is 0.327 bits per heavy atom. The van der Waals surface area contributed by atoms with Gasteiger partial charge in [-0.3, -0.25) is 19.2 Å². The minimum absolute atomic E-state index is 0.0193. The number of ether oxygens (including phenoxy) is 4. The molecule has 24 bridgehead atoms. The number of nitrogens with two attached hydrogens (primary N) is 2. The molecule has 0 aromatic carbocycles. The van der Waals surface area contributed by atoms with Crippen molar-refractivity contribution in [3.8, 4) is 69.5 Å². The molecule has 4 aliphatic rings. The zero-order chi connectivity index (χ0) is 71.1. The summed E-state index contributed by atoms with van der Waals surface area (Å²) in [7, 11) is 0. The lowest BCUT2D eigenvalue weighted by Crippen LogP contribution is -2.34. The first kappa shape index (κ1) is 69.5. The van der Waals surface area contributed by atoms with Crippen LogP contribution in [0.2, 0.25) is 0 Å². The number of amides is 4. The first-order valence-electron chi connectivity index (χ1n) is 34.1. The molecule has 4 aliphatic heterocycles. The third-order valence-corrected chi connectivity index (χ3v) is 16.9. The second kappa shape index (κ2) is 33.0. The standard InChI is InChI=1S/C66H74N20O18/c67-13-5-1-9-35-55-79-47(27-97-55)63-83-45(31-101-63)61-77-41(25-95-61)53(89)73-37(57-81-49(29-99-57)65-85-43(33-103-65)59-75-39(23-93-59)51(87)71-35)11-3-7-15-69-17-19-91-21-22-92-20-18-70-16-8-4-12-38-58-82-50(30-100-58)66-86-44(34-104-66)60-76-40(24-94-60)52(88)72-36(10-2-6-14-68)56-80-48(28-98-56)64-84-46(32-102-64)62-78-42(26-96-62)54(90)74-38/h23-38,61-62,69-70,77-78H,1-22,67-68H2,(H,71,87)(H,72,88)(H,73,89)(H,74,90).